The maximum absolute atomic E-state index is 12.4. The first kappa shape index (κ1) is 21.0. The van der Waals surface area contributed by atoms with Gasteiger partial charge < -0.3 is 20.9 Å². The molecule has 3 amide bonds. The first-order valence-electron chi connectivity index (χ1n) is 9.97. The van der Waals surface area contributed by atoms with E-state index in [2.05, 4.69) is 53.5 Å². The summed E-state index contributed by atoms with van der Waals surface area (Å²) in [7, 11) is 6.79. The maximum Gasteiger partial charge on any atom is 0.320 e. The summed E-state index contributed by atoms with van der Waals surface area (Å²) in [4.78, 5) is 27.8. The predicted molar refractivity (Wildman–Crippen MR) is 120 cm³/mol. The lowest BCUT2D eigenvalue weighted by Gasteiger charge is -2.34. The summed E-state index contributed by atoms with van der Waals surface area (Å²) in [6.45, 7) is 2.06. The highest BCUT2D eigenvalue weighted by molar-refractivity contribution is 6.00. The number of hydrogen-bond acceptors (Lipinski definition) is 8. The Hall–Kier alpha value is -4.22. The van der Waals surface area contributed by atoms with Crippen molar-refractivity contribution >= 4 is 34.8 Å². The molecule has 12 heteroatoms. The minimum absolute atomic E-state index is 0.00592. The molecule has 1 aliphatic rings. The highest BCUT2D eigenvalue weighted by Crippen LogP contribution is 2.46. The van der Waals surface area contributed by atoms with Crippen LogP contribution in [0.15, 0.2) is 24.3 Å². The molecule has 0 bridgehead atoms. The Morgan fingerprint density at radius 3 is 2.53 bits per heavy atom. The molecule has 2 aromatic heterocycles. The molecule has 4 rings (SSSR count). The number of urea groups is 1. The molecule has 3 aromatic rings. The van der Waals surface area contributed by atoms with Crippen molar-refractivity contribution in [3.8, 4) is 11.3 Å². The molecule has 0 unspecified atom stereocenters. The molecule has 0 saturated heterocycles. The number of rotatable bonds is 4. The number of fused-ring (bicyclic) bond motifs is 3. The first-order chi connectivity index (χ1) is 15.3. The van der Waals surface area contributed by atoms with Crippen molar-refractivity contribution < 1.29 is 9.59 Å². The summed E-state index contributed by atoms with van der Waals surface area (Å²) in [5.74, 6) is -0.212. The number of aryl methyl sites for hydroxylation is 1. The van der Waals surface area contributed by atoms with Gasteiger partial charge in [-0.2, -0.15) is 15.0 Å². The smallest absolute Gasteiger partial charge is 0.320 e. The van der Waals surface area contributed by atoms with Crippen molar-refractivity contribution in [2.24, 2.45) is 7.05 Å². The molecule has 0 spiro atoms. The number of amides is 3. The monoisotopic (exact) mass is 436 g/mol. The summed E-state index contributed by atoms with van der Waals surface area (Å²) in [6, 6.07) is 6.91. The van der Waals surface area contributed by atoms with Gasteiger partial charge in [-0.25, -0.2) is 4.79 Å². The number of aromatic nitrogens is 5. The van der Waals surface area contributed by atoms with E-state index in [-0.39, 0.29) is 17.6 Å². The molecule has 12 nitrogen and oxygen atoms in total. The Labute approximate surface area is 184 Å². The molecule has 1 aromatic carbocycles. The summed E-state index contributed by atoms with van der Waals surface area (Å²) >= 11 is 0. The van der Waals surface area contributed by atoms with Gasteiger partial charge in [0.1, 0.15) is 11.4 Å². The van der Waals surface area contributed by atoms with Crippen LogP contribution in [0.3, 0.4) is 0 Å². The molecule has 0 radical (unpaired) electrons. The van der Waals surface area contributed by atoms with Crippen LogP contribution in [0.2, 0.25) is 0 Å². The average molecular weight is 436 g/mol. The predicted octanol–water partition coefficient (Wildman–Crippen LogP) is 1.64. The van der Waals surface area contributed by atoms with Crippen LogP contribution in [0.5, 0.6) is 0 Å². The SMILES string of the molecule is CNC(=O)Nc1cc(Nc2cccc3c2N(C)[C@@H](C)c2nn(C)nc2-3)c(C(=O)NC)nn1. The van der Waals surface area contributed by atoms with Crippen molar-refractivity contribution in [3.63, 3.8) is 0 Å². The van der Waals surface area contributed by atoms with E-state index in [0.29, 0.717) is 5.69 Å². The molecule has 0 aliphatic carbocycles. The Morgan fingerprint density at radius 2 is 1.81 bits per heavy atom. The van der Waals surface area contributed by atoms with Crippen LogP contribution in [-0.2, 0) is 7.05 Å². The third kappa shape index (κ3) is 3.55. The molecule has 1 aliphatic heterocycles. The second kappa shape index (κ2) is 8.13. The number of anilines is 4. The van der Waals surface area contributed by atoms with Crippen molar-refractivity contribution in [3.05, 3.63) is 35.7 Å². The summed E-state index contributed by atoms with van der Waals surface area (Å²) in [5, 5.41) is 27.9. The zero-order valence-corrected chi connectivity index (χ0v) is 18.4. The molecule has 1 atom stereocenters. The quantitative estimate of drug-likeness (QED) is 0.484. The Kier molecular flexibility index (Phi) is 5.34. The van der Waals surface area contributed by atoms with Crippen molar-refractivity contribution in [2.45, 2.75) is 13.0 Å². The van der Waals surface area contributed by atoms with Crippen molar-refractivity contribution in [2.75, 3.05) is 36.7 Å². The summed E-state index contributed by atoms with van der Waals surface area (Å²) in [5.41, 5.74) is 4.78. The highest BCUT2D eigenvalue weighted by atomic mass is 16.2. The van der Waals surface area contributed by atoms with E-state index >= 15 is 0 Å². The van der Waals surface area contributed by atoms with Crippen LogP contribution < -0.4 is 26.2 Å². The first-order valence-corrected chi connectivity index (χ1v) is 9.97. The normalized spacial score (nSPS) is 14.3. The van der Waals surface area contributed by atoms with Gasteiger partial charge in [0, 0.05) is 39.8 Å². The minimum Gasteiger partial charge on any atom is -0.364 e. The molecule has 3 heterocycles. The fraction of sp³-hybridized carbons (Fsp3) is 0.300. The van der Waals surface area contributed by atoms with Gasteiger partial charge in [-0.05, 0) is 13.0 Å². The zero-order valence-electron chi connectivity index (χ0n) is 18.4. The lowest BCUT2D eigenvalue weighted by Crippen LogP contribution is -2.28. The lowest BCUT2D eigenvalue weighted by atomic mass is 9.96. The fourth-order valence-corrected chi connectivity index (χ4v) is 3.65. The van der Waals surface area contributed by atoms with Gasteiger partial charge in [0.2, 0.25) is 0 Å². The Balaban J connectivity index is 1.81. The average Bonchev–Trinajstić information content (AvgIpc) is 3.19. The third-order valence-electron chi connectivity index (χ3n) is 5.33. The van der Waals surface area contributed by atoms with Crippen LogP contribution >= 0.6 is 0 Å². The van der Waals surface area contributed by atoms with Crippen LogP contribution in [0.25, 0.3) is 11.3 Å². The van der Waals surface area contributed by atoms with E-state index in [1.54, 1.807) is 17.9 Å². The summed E-state index contributed by atoms with van der Waals surface area (Å²) in [6.07, 6.45) is 0. The fourth-order valence-electron chi connectivity index (χ4n) is 3.65. The number of nitrogens with zero attached hydrogens (tertiary/aromatic N) is 6. The number of carbonyl (C=O) groups is 2. The lowest BCUT2D eigenvalue weighted by molar-refractivity contribution is 0.0958. The molecule has 0 fully saturated rings. The van der Waals surface area contributed by atoms with Gasteiger partial charge in [-0.1, -0.05) is 12.1 Å². The van der Waals surface area contributed by atoms with E-state index < -0.39 is 11.9 Å². The highest BCUT2D eigenvalue weighted by Gasteiger charge is 2.32. The second-order valence-electron chi connectivity index (χ2n) is 7.31. The number of para-hydroxylation sites is 1. The molecular weight excluding hydrogens is 412 g/mol. The minimum atomic E-state index is -0.446. The molecule has 32 heavy (non-hydrogen) atoms. The standard InChI is InChI=1S/C20H24N10O2/c1-10-15-16(28-30(5)27-15)11-7-6-8-12(18(11)29(10)4)23-13-9-14(24-20(32)22-3)25-26-17(13)19(31)21-2/h6-10H,1-5H3,(H,21,31)(H3,22,23,24,25,32)/t10-/m0/s1. The molecule has 0 saturated carbocycles. The van der Waals surface area contributed by atoms with Gasteiger partial charge in [0.05, 0.1) is 23.1 Å². The van der Waals surface area contributed by atoms with E-state index in [1.807, 2.05) is 25.2 Å². The van der Waals surface area contributed by atoms with Crippen LogP contribution in [0.1, 0.15) is 29.1 Å². The van der Waals surface area contributed by atoms with E-state index in [1.165, 1.54) is 14.1 Å². The van der Waals surface area contributed by atoms with Crippen LogP contribution in [0.4, 0.5) is 27.7 Å². The maximum atomic E-state index is 12.4. The van der Waals surface area contributed by atoms with Gasteiger partial charge in [-0.3, -0.25) is 10.1 Å². The second-order valence-corrected chi connectivity index (χ2v) is 7.31. The topological polar surface area (TPSA) is 142 Å². The van der Waals surface area contributed by atoms with Crippen molar-refractivity contribution in [1.29, 1.82) is 0 Å². The van der Waals surface area contributed by atoms with E-state index in [0.717, 1.165) is 28.3 Å². The largest absolute Gasteiger partial charge is 0.364 e. The van der Waals surface area contributed by atoms with Gasteiger partial charge >= 0.3 is 6.03 Å². The van der Waals surface area contributed by atoms with Crippen LogP contribution in [0, 0.1) is 0 Å². The summed E-state index contributed by atoms with van der Waals surface area (Å²) < 4.78 is 0. The molecular formula is C20H24N10O2. The van der Waals surface area contributed by atoms with Crippen LogP contribution in [-0.4, -0.2) is 58.3 Å². The number of carbonyl (C=O) groups excluding carboxylic acids is 2. The zero-order chi connectivity index (χ0) is 23.0. The van der Waals surface area contributed by atoms with E-state index in [4.69, 9.17) is 0 Å². The Bertz CT molecular complexity index is 1210. The van der Waals surface area contributed by atoms with Crippen molar-refractivity contribution in [1.82, 2.24) is 35.8 Å². The number of nitrogens with one attached hydrogen (secondary N) is 4. The van der Waals surface area contributed by atoms with Gasteiger partial charge in [0.25, 0.3) is 5.91 Å². The van der Waals surface area contributed by atoms with Gasteiger partial charge in [-0.15, -0.1) is 10.2 Å². The molecule has 166 valence electrons. The van der Waals surface area contributed by atoms with Gasteiger partial charge in [0.15, 0.2) is 11.5 Å². The molecule has 4 N–H and O–H groups in total. The van der Waals surface area contributed by atoms with E-state index in [9.17, 15) is 9.59 Å². The Morgan fingerprint density at radius 1 is 1.03 bits per heavy atom. The number of benzene rings is 1. The third-order valence-corrected chi connectivity index (χ3v) is 5.33. The number of hydrogen-bond donors (Lipinski definition) is 4.